The Bertz CT molecular complexity index is 1030. The average Bonchev–Trinajstić information content (AvgIpc) is 3.07. The van der Waals surface area contributed by atoms with Crippen molar-refractivity contribution in [3.05, 3.63) is 41.7 Å². The largest absolute Gasteiger partial charge is 0.354 e. The number of hydrogen-bond acceptors (Lipinski definition) is 5. The number of aromatic nitrogens is 4. The number of rotatable bonds is 4. The molecule has 1 saturated heterocycles. The molecule has 1 N–H and O–H groups in total. The molecule has 3 heterocycles. The van der Waals surface area contributed by atoms with Crippen molar-refractivity contribution in [2.45, 2.75) is 46.6 Å². The van der Waals surface area contributed by atoms with Crippen molar-refractivity contribution in [1.82, 2.24) is 25.3 Å². The van der Waals surface area contributed by atoms with Crippen LogP contribution in [0, 0.1) is 19.8 Å². The summed E-state index contributed by atoms with van der Waals surface area (Å²) in [5, 5.41) is 17.9. The molecule has 7 heteroatoms. The van der Waals surface area contributed by atoms with E-state index in [2.05, 4.69) is 27.3 Å². The Morgan fingerprint density at radius 2 is 1.93 bits per heavy atom. The van der Waals surface area contributed by atoms with Crippen LogP contribution in [0.5, 0.6) is 0 Å². The minimum absolute atomic E-state index is 0.0402. The van der Waals surface area contributed by atoms with Crippen LogP contribution in [0.25, 0.3) is 16.6 Å². The maximum atomic E-state index is 12.6. The number of aryl methyl sites for hydroxylation is 2. The van der Waals surface area contributed by atoms with Gasteiger partial charge < -0.3 is 10.2 Å². The molecule has 1 amide bonds. The number of anilines is 1. The van der Waals surface area contributed by atoms with E-state index >= 15 is 0 Å². The summed E-state index contributed by atoms with van der Waals surface area (Å²) in [5.74, 6) is 0.846. The third-order valence-electron chi connectivity index (χ3n) is 5.51. The van der Waals surface area contributed by atoms with Crippen molar-refractivity contribution in [3.8, 4) is 5.69 Å². The van der Waals surface area contributed by atoms with Gasteiger partial charge in [-0.1, -0.05) is 18.2 Å². The summed E-state index contributed by atoms with van der Waals surface area (Å²) in [4.78, 5) is 14.7. The van der Waals surface area contributed by atoms with Gasteiger partial charge in [-0.05, 0) is 52.7 Å². The van der Waals surface area contributed by atoms with Crippen LogP contribution in [0.2, 0.25) is 0 Å². The third-order valence-corrected chi connectivity index (χ3v) is 5.51. The first-order valence-electron chi connectivity index (χ1n) is 10.3. The number of carbonyl (C=O) groups excluding carboxylic acids is 1. The summed E-state index contributed by atoms with van der Waals surface area (Å²) in [6.45, 7) is 9.52. The van der Waals surface area contributed by atoms with Crippen LogP contribution in [-0.2, 0) is 4.79 Å². The van der Waals surface area contributed by atoms with Crippen LogP contribution in [0.1, 0.15) is 38.1 Å². The second-order valence-electron chi connectivity index (χ2n) is 8.11. The van der Waals surface area contributed by atoms with Gasteiger partial charge in [0.05, 0.1) is 28.4 Å². The molecule has 0 unspecified atom stereocenters. The number of fused-ring (bicyclic) bond motifs is 1. The molecule has 0 spiro atoms. The van der Waals surface area contributed by atoms with E-state index in [1.54, 1.807) is 0 Å². The van der Waals surface area contributed by atoms with E-state index < -0.39 is 0 Å². The highest BCUT2D eigenvalue weighted by Gasteiger charge is 2.29. The highest BCUT2D eigenvalue weighted by Crippen LogP contribution is 2.31. The second kappa shape index (κ2) is 7.81. The Balaban J connectivity index is 1.73. The Morgan fingerprint density at radius 1 is 1.17 bits per heavy atom. The summed E-state index contributed by atoms with van der Waals surface area (Å²) in [6, 6.07) is 10.2. The maximum Gasteiger partial charge on any atom is 0.225 e. The van der Waals surface area contributed by atoms with Crippen molar-refractivity contribution in [1.29, 1.82) is 0 Å². The van der Waals surface area contributed by atoms with E-state index in [9.17, 15) is 4.79 Å². The summed E-state index contributed by atoms with van der Waals surface area (Å²) < 4.78 is 1.96. The van der Waals surface area contributed by atoms with Gasteiger partial charge in [-0.2, -0.15) is 10.2 Å². The number of nitrogens with one attached hydrogen (secondary N) is 1. The van der Waals surface area contributed by atoms with Gasteiger partial charge in [-0.25, -0.2) is 4.68 Å². The first-order valence-corrected chi connectivity index (χ1v) is 10.3. The Morgan fingerprint density at radius 3 is 2.66 bits per heavy atom. The molecule has 0 radical (unpaired) electrons. The lowest BCUT2D eigenvalue weighted by Crippen LogP contribution is -2.45. The predicted octanol–water partition coefficient (Wildman–Crippen LogP) is 3.17. The zero-order chi connectivity index (χ0) is 20.5. The maximum absolute atomic E-state index is 12.6. The number of para-hydroxylation sites is 1. The number of amides is 1. The fourth-order valence-electron chi connectivity index (χ4n) is 4.13. The third kappa shape index (κ3) is 3.69. The lowest BCUT2D eigenvalue weighted by Gasteiger charge is -2.33. The van der Waals surface area contributed by atoms with Crippen LogP contribution in [0.15, 0.2) is 30.3 Å². The van der Waals surface area contributed by atoms with Crippen molar-refractivity contribution in [2.24, 2.45) is 5.92 Å². The molecule has 1 aromatic carbocycles. The Kier molecular flexibility index (Phi) is 5.22. The molecule has 0 saturated carbocycles. The highest BCUT2D eigenvalue weighted by molar-refractivity contribution is 5.92. The van der Waals surface area contributed by atoms with Gasteiger partial charge in [-0.15, -0.1) is 5.10 Å². The quantitative estimate of drug-likeness (QED) is 0.738. The fourth-order valence-corrected chi connectivity index (χ4v) is 4.13. The van der Waals surface area contributed by atoms with E-state index in [4.69, 9.17) is 5.10 Å². The first kappa shape index (κ1) is 19.4. The van der Waals surface area contributed by atoms with Crippen molar-refractivity contribution < 1.29 is 4.79 Å². The number of hydrogen-bond donors (Lipinski definition) is 1. The normalized spacial score (nSPS) is 17.1. The number of benzene rings is 1. The molecule has 7 nitrogen and oxygen atoms in total. The van der Waals surface area contributed by atoms with E-state index in [-0.39, 0.29) is 17.9 Å². The standard InChI is InChI=1S/C22H28N6O/c1-14(2)23-22(29)17-9-8-12-27(13-17)21-20-19(15(3)24-25-21)16(4)28(26-20)18-10-6-5-7-11-18/h5-7,10-11,14,17H,8-9,12-13H2,1-4H3,(H,23,29)/t17-/m0/s1. The molecular formula is C22H28N6O. The first-order chi connectivity index (χ1) is 14.0. The Labute approximate surface area is 171 Å². The van der Waals surface area contributed by atoms with Crippen molar-refractivity contribution in [2.75, 3.05) is 18.0 Å². The average molecular weight is 393 g/mol. The zero-order valence-electron chi connectivity index (χ0n) is 17.5. The molecule has 1 aliphatic rings. The van der Waals surface area contributed by atoms with Gasteiger partial charge in [0.15, 0.2) is 5.82 Å². The van der Waals surface area contributed by atoms with Gasteiger partial charge in [0.2, 0.25) is 5.91 Å². The molecule has 0 bridgehead atoms. The smallest absolute Gasteiger partial charge is 0.225 e. The molecular weight excluding hydrogens is 364 g/mol. The van der Waals surface area contributed by atoms with E-state index in [1.807, 2.05) is 55.8 Å². The number of nitrogens with zero attached hydrogens (tertiary/aromatic N) is 5. The lowest BCUT2D eigenvalue weighted by atomic mass is 9.96. The van der Waals surface area contributed by atoms with Crippen LogP contribution in [0.4, 0.5) is 5.82 Å². The zero-order valence-corrected chi connectivity index (χ0v) is 17.5. The molecule has 29 heavy (non-hydrogen) atoms. The Hall–Kier alpha value is -2.96. The minimum atomic E-state index is -0.0402. The van der Waals surface area contributed by atoms with Crippen LogP contribution < -0.4 is 10.2 Å². The molecule has 1 fully saturated rings. The van der Waals surface area contributed by atoms with Gasteiger partial charge in [0.1, 0.15) is 5.52 Å². The summed E-state index contributed by atoms with van der Waals surface area (Å²) >= 11 is 0. The minimum Gasteiger partial charge on any atom is -0.354 e. The molecule has 0 aliphatic carbocycles. The summed E-state index contributed by atoms with van der Waals surface area (Å²) in [6.07, 6.45) is 1.85. The van der Waals surface area contributed by atoms with Gasteiger partial charge in [0.25, 0.3) is 0 Å². The summed E-state index contributed by atoms with van der Waals surface area (Å²) in [7, 11) is 0. The van der Waals surface area contributed by atoms with Gasteiger partial charge in [-0.3, -0.25) is 4.79 Å². The fraction of sp³-hybridized carbons (Fsp3) is 0.455. The highest BCUT2D eigenvalue weighted by atomic mass is 16.2. The SMILES string of the molecule is Cc1nnc(N2CCC[C@H](C(=O)NC(C)C)C2)c2nn(-c3ccccc3)c(C)c12. The van der Waals surface area contributed by atoms with Gasteiger partial charge in [0, 0.05) is 19.1 Å². The molecule has 152 valence electrons. The van der Waals surface area contributed by atoms with Crippen LogP contribution in [0.3, 0.4) is 0 Å². The van der Waals surface area contributed by atoms with E-state index in [1.165, 1.54) is 0 Å². The number of piperidine rings is 1. The molecule has 2 aromatic heterocycles. The van der Waals surface area contributed by atoms with Crippen LogP contribution in [-0.4, -0.2) is 45.0 Å². The second-order valence-corrected chi connectivity index (χ2v) is 8.11. The monoisotopic (exact) mass is 392 g/mol. The van der Waals surface area contributed by atoms with Crippen molar-refractivity contribution in [3.63, 3.8) is 0 Å². The van der Waals surface area contributed by atoms with Crippen molar-refractivity contribution >= 4 is 22.6 Å². The lowest BCUT2D eigenvalue weighted by molar-refractivity contribution is -0.125. The van der Waals surface area contributed by atoms with Gasteiger partial charge >= 0.3 is 0 Å². The molecule has 3 aromatic rings. The molecule has 1 aliphatic heterocycles. The molecule has 1 atom stereocenters. The predicted molar refractivity (Wildman–Crippen MR) is 114 cm³/mol. The van der Waals surface area contributed by atoms with E-state index in [0.717, 1.165) is 53.2 Å². The van der Waals surface area contributed by atoms with E-state index in [0.29, 0.717) is 6.54 Å². The van der Waals surface area contributed by atoms with Crippen LogP contribution >= 0.6 is 0 Å². The number of carbonyl (C=O) groups is 1. The molecule has 4 rings (SSSR count). The summed E-state index contributed by atoms with van der Waals surface area (Å²) in [5.41, 5.74) is 3.78. The topological polar surface area (TPSA) is 75.9 Å².